The Hall–Kier alpha value is -4.72. The SMILES string of the molecule is N#CCC(=O)N1CCN(c2ccc(Nc3cc(NCc4cc(F)cc(F)c4)c(C(N)=O)cn3)cc2)CC1. The average Bonchev–Trinajstić information content (AvgIpc) is 2.87. The lowest BCUT2D eigenvalue weighted by Crippen LogP contribution is -2.48. The number of nitrogens with two attached hydrogens (primary N) is 1. The number of benzene rings is 2. The molecule has 2 aromatic carbocycles. The van der Waals surface area contributed by atoms with Gasteiger partial charge in [0.2, 0.25) is 5.91 Å². The van der Waals surface area contributed by atoms with E-state index in [1.54, 1.807) is 11.0 Å². The average molecular weight is 506 g/mol. The van der Waals surface area contributed by atoms with Crippen molar-refractivity contribution in [2.75, 3.05) is 41.7 Å². The Morgan fingerprint density at radius 3 is 2.32 bits per heavy atom. The summed E-state index contributed by atoms with van der Waals surface area (Å²) < 4.78 is 27.0. The van der Waals surface area contributed by atoms with Gasteiger partial charge in [0.25, 0.3) is 5.91 Å². The zero-order chi connectivity index (χ0) is 26.4. The Balaban J connectivity index is 1.41. The number of halogens is 2. The summed E-state index contributed by atoms with van der Waals surface area (Å²) in [6.45, 7) is 2.54. The van der Waals surface area contributed by atoms with Crippen LogP contribution in [0, 0.1) is 23.0 Å². The van der Waals surface area contributed by atoms with Crippen molar-refractivity contribution in [1.82, 2.24) is 9.88 Å². The number of carbonyl (C=O) groups is 2. The fraction of sp³-hybridized carbons (Fsp3) is 0.231. The number of piperazine rings is 1. The first-order valence-corrected chi connectivity index (χ1v) is 11.6. The van der Waals surface area contributed by atoms with Crippen LogP contribution in [-0.2, 0) is 11.3 Å². The van der Waals surface area contributed by atoms with Gasteiger partial charge in [0.1, 0.15) is 23.9 Å². The molecule has 1 saturated heterocycles. The number of rotatable bonds is 8. The molecule has 4 rings (SSSR count). The summed E-state index contributed by atoms with van der Waals surface area (Å²) in [6, 6.07) is 14.3. The van der Waals surface area contributed by atoms with Gasteiger partial charge in [0, 0.05) is 62.4 Å². The van der Waals surface area contributed by atoms with Crippen molar-refractivity contribution in [2.24, 2.45) is 5.73 Å². The van der Waals surface area contributed by atoms with Crippen molar-refractivity contribution in [1.29, 1.82) is 5.26 Å². The number of aromatic nitrogens is 1. The topological polar surface area (TPSA) is 127 Å². The van der Waals surface area contributed by atoms with E-state index in [2.05, 4.69) is 20.5 Å². The second-order valence-electron chi connectivity index (χ2n) is 8.49. The van der Waals surface area contributed by atoms with Gasteiger partial charge in [-0.1, -0.05) is 0 Å². The van der Waals surface area contributed by atoms with E-state index in [1.807, 2.05) is 30.3 Å². The van der Waals surface area contributed by atoms with Crippen LogP contribution < -0.4 is 21.3 Å². The molecule has 1 aliphatic rings. The highest BCUT2D eigenvalue weighted by Crippen LogP contribution is 2.25. The lowest BCUT2D eigenvalue weighted by Gasteiger charge is -2.36. The molecule has 11 heteroatoms. The molecule has 0 unspecified atom stereocenters. The summed E-state index contributed by atoms with van der Waals surface area (Å²) >= 11 is 0. The van der Waals surface area contributed by atoms with Gasteiger partial charge in [-0.2, -0.15) is 5.26 Å². The molecule has 0 spiro atoms. The number of primary amides is 1. The molecule has 9 nitrogen and oxygen atoms in total. The van der Waals surface area contributed by atoms with Crippen molar-refractivity contribution >= 4 is 34.7 Å². The maximum Gasteiger partial charge on any atom is 0.252 e. The highest BCUT2D eigenvalue weighted by atomic mass is 19.1. The largest absolute Gasteiger partial charge is 0.380 e. The molecule has 1 aromatic heterocycles. The van der Waals surface area contributed by atoms with Gasteiger partial charge < -0.3 is 26.2 Å². The molecule has 2 heterocycles. The van der Waals surface area contributed by atoms with Crippen molar-refractivity contribution < 1.29 is 18.4 Å². The van der Waals surface area contributed by atoms with Crippen molar-refractivity contribution in [3.63, 3.8) is 0 Å². The number of nitriles is 1. The van der Waals surface area contributed by atoms with E-state index in [9.17, 15) is 18.4 Å². The summed E-state index contributed by atoms with van der Waals surface area (Å²) in [5, 5.41) is 14.9. The lowest BCUT2D eigenvalue weighted by molar-refractivity contribution is -0.130. The van der Waals surface area contributed by atoms with E-state index >= 15 is 0 Å². The van der Waals surface area contributed by atoms with E-state index in [4.69, 9.17) is 11.0 Å². The van der Waals surface area contributed by atoms with Gasteiger partial charge in [0.15, 0.2) is 0 Å². The Labute approximate surface area is 212 Å². The van der Waals surface area contributed by atoms with Crippen LogP contribution in [0.2, 0.25) is 0 Å². The monoisotopic (exact) mass is 505 g/mol. The fourth-order valence-electron chi connectivity index (χ4n) is 4.07. The molecule has 0 atom stereocenters. The molecule has 190 valence electrons. The van der Waals surface area contributed by atoms with Gasteiger partial charge in [0.05, 0.1) is 17.3 Å². The number of amides is 2. The first kappa shape index (κ1) is 25.4. The summed E-state index contributed by atoms with van der Waals surface area (Å²) in [6.07, 6.45) is 1.23. The Morgan fingerprint density at radius 2 is 1.70 bits per heavy atom. The summed E-state index contributed by atoms with van der Waals surface area (Å²) in [5.41, 5.74) is 8.10. The first-order valence-electron chi connectivity index (χ1n) is 11.6. The minimum absolute atomic E-state index is 0.0719. The second-order valence-corrected chi connectivity index (χ2v) is 8.49. The number of nitrogens with one attached hydrogen (secondary N) is 2. The van der Waals surface area contributed by atoms with Gasteiger partial charge in [-0.15, -0.1) is 0 Å². The van der Waals surface area contributed by atoms with E-state index in [1.165, 1.54) is 18.3 Å². The number of carbonyl (C=O) groups excluding carboxylic acids is 2. The maximum absolute atomic E-state index is 13.5. The van der Waals surface area contributed by atoms with Crippen LogP contribution in [0.15, 0.2) is 54.7 Å². The molecule has 0 saturated carbocycles. The molecule has 1 aliphatic heterocycles. The highest BCUT2D eigenvalue weighted by Gasteiger charge is 2.21. The van der Waals surface area contributed by atoms with E-state index < -0.39 is 17.5 Å². The fourth-order valence-corrected chi connectivity index (χ4v) is 4.07. The summed E-state index contributed by atoms with van der Waals surface area (Å²) in [7, 11) is 0. The zero-order valence-electron chi connectivity index (χ0n) is 19.9. The van der Waals surface area contributed by atoms with Crippen molar-refractivity contribution in [3.8, 4) is 6.07 Å². The van der Waals surface area contributed by atoms with Crippen molar-refractivity contribution in [3.05, 3.63) is 77.5 Å². The highest BCUT2D eigenvalue weighted by molar-refractivity contribution is 5.98. The van der Waals surface area contributed by atoms with Gasteiger partial charge in [-0.05, 0) is 42.0 Å². The van der Waals surface area contributed by atoms with E-state index in [-0.39, 0.29) is 24.4 Å². The molecule has 0 bridgehead atoms. The number of hydrogen-bond acceptors (Lipinski definition) is 7. The summed E-state index contributed by atoms with van der Waals surface area (Å²) in [4.78, 5) is 31.9. The second kappa shape index (κ2) is 11.3. The van der Waals surface area contributed by atoms with Crippen LogP contribution in [0.1, 0.15) is 22.3 Å². The van der Waals surface area contributed by atoms with Crippen molar-refractivity contribution in [2.45, 2.75) is 13.0 Å². The maximum atomic E-state index is 13.5. The zero-order valence-corrected chi connectivity index (χ0v) is 19.9. The van der Waals surface area contributed by atoms with Crippen LogP contribution in [0.4, 0.5) is 31.7 Å². The third-order valence-electron chi connectivity index (χ3n) is 5.94. The molecule has 0 aliphatic carbocycles. The van der Waals surface area contributed by atoms with Crippen LogP contribution in [-0.4, -0.2) is 47.9 Å². The minimum atomic E-state index is -0.693. The molecule has 2 amide bonds. The predicted octanol–water partition coefficient (Wildman–Crippen LogP) is 3.38. The molecule has 0 radical (unpaired) electrons. The summed E-state index contributed by atoms with van der Waals surface area (Å²) in [5.74, 6) is -1.78. The van der Waals surface area contributed by atoms with Crippen LogP contribution >= 0.6 is 0 Å². The van der Waals surface area contributed by atoms with Gasteiger partial charge >= 0.3 is 0 Å². The lowest BCUT2D eigenvalue weighted by atomic mass is 10.1. The normalized spacial score (nSPS) is 13.1. The van der Waals surface area contributed by atoms with Crippen LogP contribution in [0.25, 0.3) is 0 Å². The Bertz CT molecular complexity index is 1310. The Morgan fingerprint density at radius 1 is 1.03 bits per heavy atom. The number of nitrogens with zero attached hydrogens (tertiary/aromatic N) is 4. The predicted molar refractivity (Wildman–Crippen MR) is 135 cm³/mol. The number of hydrogen-bond donors (Lipinski definition) is 3. The number of pyridine rings is 1. The smallest absolute Gasteiger partial charge is 0.252 e. The van der Waals surface area contributed by atoms with Gasteiger partial charge in [-0.25, -0.2) is 13.8 Å². The standard InChI is InChI=1S/C26H25F2N7O2/c27-18-11-17(12-19(28)13-18)15-31-23-14-24(32-16-22(23)26(30)37)33-20-1-3-21(4-2-20)34-7-9-35(10-8-34)25(36)5-6-29/h1-4,11-14,16H,5,7-10,15H2,(H2,30,37)(H2,31,32,33). The van der Waals surface area contributed by atoms with Gasteiger partial charge in [-0.3, -0.25) is 9.59 Å². The molecular formula is C26H25F2N7O2. The molecule has 4 N–H and O–H groups in total. The van der Waals surface area contributed by atoms with Crippen LogP contribution in [0.5, 0.6) is 0 Å². The number of anilines is 4. The molecular weight excluding hydrogens is 480 g/mol. The van der Waals surface area contributed by atoms with E-state index in [0.29, 0.717) is 43.2 Å². The Kier molecular flexibility index (Phi) is 7.78. The third kappa shape index (κ3) is 6.49. The van der Waals surface area contributed by atoms with Crippen LogP contribution in [0.3, 0.4) is 0 Å². The minimum Gasteiger partial charge on any atom is -0.380 e. The molecule has 1 fully saturated rings. The third-order valence-corrected chi connectivity index (χ3v) is 5.94. The molecule has 3 aromatic rings. The molecule has 37 heavy (non-hydrogen) atoms. The van der Waals surface area contributed by atoms with E-state index in [0.717, 1.165) is 17.4 Å². The first-order chi connectivity index (χ1) is 17.8. The quantitative estimate of drug-likeness (QED) is 0.428.